The maximum Gasteiger partial charge on any atom is 0.295 e. The summed E-state index contributed by atoms with van der Waals surface area (Å²) in [5.41, 5.74) is 2.36. The van der Waals surface area contributed by atoms with Gasteiger partial charge in [-0.15, -0.1) is 0 Å². The van der Waals surface area contributed by atoms with Crippen LogP contribution in [0.3, 0.4) is 0 Å². The van der Waals surface area contributed by atoms with Crippen LogP contribution in [0.1, 0.15) is 30.4 Å². The predicted octanol–water partition coefficient (Wildman–Crippen LogP) is 5.56. The fourth-order valence-electron chi connectivity index (χ4n) is 4.25. The number of nitrogens with zero attached hydrogens (tertiary/aromatic N) is 3. The first-order valence-corrected chi connectivity index (χ1v) is 11.6. The van der Waals surface area contributed by atoms with Crippen molar-refractivity contribution in [1.82, 2.24) is 9.78 Å². The standard InChI is InChI=1S/C25H22ClN3O6/c1-15-10-16(14-35-22-4-2-3-8-33-22)12-17(11-15)23-24-19(7-9-34-24)25(30)28(27-23)21-13-18(26)5-6-20(21)29(31)32/h5-7,9-13,22H,2-4,8,14H2,1H3. The number of rotatable bonds is 6. The quantitative estimate of drug-likeness (QED) is 0.254. The zero-order chi connectivity index (χ0) is 24.5. The minimum Gasteiger partial charge on any atom is -0.462 e. The van der Waals surface area contributed by atoms with Crippen molar-refractivity contribution >= 4 is 28.3 Å². The normalized spacial score (nSPS) is 16.0. The summed E-state index contributed by atoms with van der Waals surface area (Å²) < 4.78 is 18.2. The number of hydrogen-bond acceptors (Lipinski definition) is 7. The highest BCUT2D eigenvalue weighted by Crippen LogP contribution is 2.31. The lowest BCUT2D eigenvalue weighted by Crippen LogP contribution is -2.22. The van der Waals surface area contributed by atoms with Gasteiger partial charge in [0, 0.05) is 23.3 Å². The highest BCUT2D eigenvalue weighted by molar-refractivity contribution is 6.30. The number of fused-ring (bicyclic) bond motifs is 1. The first-order valence-electron chi connectivity index (χ1n) is 11.2. The van der Waals surface area contributed by atoms with Crippen LogP contribution in [0.15, 0.2) is 57.9 Å². The zero-order valence-electron chi connectivity index (χ0n) is 18.9. The Balaban J connectivity index is 1.62. The molecule has 0 amide bonds. The summed E-state index contributed by atoms with van der Waals surface area (Å²) in [7, 11) is 0. The number of aryl methyl sites for hydroxylation is 1. The average molecular weight is 496 g/mol. The molecule has 2 aromatic carbocycles. The van der Waals surface area contributed by atoms with E-state index in [-0.39, 0.29) is 28.1 Å². The van der Waals surface area contributed by atoms with Gasteiger partial charge in [0.15, 0.2) is 11.9 Å². The van der Waals surface area contributed by atoms with Gasteiger partial charge in [-0.3, -0.25) is 14.9 Å². The maximum absolute atomic E-state index is 13.2. The van der Waals surface area contributed by atoms with Gasteiger partial charge in [-0.05, 0) is 62.1 Å². The first kappa shape index (κ1) is 23.2. The largest absolute Gasteiger partial charge is 0.462 e. The molecular formula is C25H22ClN3O6. The molecule has 0 bridgehead atoms. The van der Waals surface area contributed by atoms with Crippen LogP contribution < -0.4 is 5.56 Å². The summed E-state index contributed by atoms with van der Waals surface area (Å²) in [5, 5.41) is 16.7. The summed E-state index contributed by atoms with van der Waals surface area (Å²) >= 11 is 6.11. The highest BCUT2D eigenvalue weighted by Gasteiger charge is 2.23. The van der Waals surface area contributed by atoms with E-state index in [1.165, 1.54) is 30.5 Å². The summed E-state index contributed by atoms with van der Waals surface area (Å²) in [6, 6.07) is 11.3. The van der Waals surface area contributed by atoms with Crippen molar-refractivity contribution < 1.29 is 18.8 Å². The van der Waals surface area contributed by atoms with Crippen molar-refractivity contribution in [2.24, 2.45) is 0 Å². The van der Waals surface area contributed by atoms with Gasteiger partial charge >= 0.3 is 0 Å². The van der Waals surface area contributed by atoms with Crippen LogP contribution in [0.4, 0.5) is 5.69 Å². The van der Waals surface area contributed by atoms with E-state index < -0.39 is 10.5 Å². The third-order valence-electron chi connectivity index (χ3n) is 5.85. The van der Waals surface area contributed by atoms with E-state index in [1.807, 2.05) is 25.1 Å². The zero-order valence-corrected chi connectivity index (χ0v) is 19.7. The molecule has 1 atom stereocenters. The molecule has 5 rings (SSSR count). The SMILES string of the molecule is Cc1cc(COC2CCCCO2)cc(-c2nn(-c3cc(Cl)ccc3[N+](=O)[O-])c(=O)c3ccoc23)c1. The average Bonchev–Trinajstić information content (AvgIpc) is 3.34. The van der Waals surface area contributed by atoms with Crippen LogP contribution in [0, 0.1) is 17.0 Å². The molecule has 4 aromatic rings. The number of nitro benzene ring substituents is 1. The molecule has 2 aromatic heterocycles. The molecule has 1 fully saturated rings. The molecule has 0 aliphatic carbocycles. The molecule has 1 unspecified atom stereocenters. The number of ether oxygens (including phenoxy) is 2. The Bertz CT molecular complexity index is 1470. The van der Waals surface area contributed by atoms with Gasteiger partial charge in [-0.25, -0.2) is 0 Å². The van der Waals surface area contributed by atoms with Gasteiger partial charge < -0.3 is 13.9 Å². The Morgan fingerprint density at radius 1 is 1.23 bits per heavy atom. The smallest absolute Gasteiger partial charge is 0.295 e. The van der Waals surface area contributed by atoms with Gasteiger partial charge in [0.05, 0.1) is 23.2 Å². The molecule has 1 aliphatic rings. The number of furan rings is 1. The second-order valence-corrected chi connectivity index (χ2v) is 8.87. The van der Waals surface area contributed by atoms with Crippen LogP contribution in [-0.4, -0.2) is 27.6 Å². The monoisotopic (exact) mass is 495 g/mol. The predicted molar refractivity (Wildman–Crippen MR) is 130 cm³/mol. The van der Waals surface area contributed by atoms with Gasteiger partial charge in [-0.1, -0.05) is 23.2 Å². The molecule has 0 spiro atoms. The van der Waals surface area contributed by atoms with Crippen LogP contribution in [0.5, 0.6) is 0 Å². The van der Waals surface area contributed by atoms with Crippen molar-refractivity contribution in [2.75, 3.05) is 6.61 Å². The Labute approximate surface area is 205 Å². The number of hydrogen-bond donors (Lipinski definition) is 0. The van der Waals surface area contributed by atoms with E-state index in [9.17, 15) is 14.9 Å². The molecule has 10 heteroatoms. The lowest BCUT2D eigenvalue weighted by Gasteiger charge is -2.22. The minimum absolute atomic E-state index is 0.0255. The van der Waals surface area contributed by atoms with Gasteiger partial charge in [-0.2, -0.15) is 9.78 Å². The Kier molecular flexibility index (Phi) is 6.38. The van der Waals surface area contributed by atoms with Crippen molar-refractivity contribution in [1.29, 1.82) is 0 Å². The van der Waals surface area contributed by atoms with Crippen LogP contribution >= 0.6 is 11.6 Å². The molecule has 1 saturated heterocycles. The Morgan fingerprint density at radius 3 is 2.86 bits per heavy atom. The Morgan fingerprint density at radius 2 is 2.09 bits per heavy atom. The molecule has 3 heterocycles. The molecule has 0 saturated carbocycles. The van der Waals surface area contributed by atoms with Crippen LogP contribution in [-0.2, 0) is 16.1 Å². The number of aromatic nitrogens is 2. The second-order valence-electron chi connectivity index (χ2n) is 8.43. The van der Waals surface area contributed by atoms with Crippen molar-refractivity contribution in [2.45, 2.75) is 39.1 Å². The molecule has 0 radical (unpaired) electrons. The lowest BCUT2D eigenvalue weighted by molar-refractivity contribution is -0.384. The fourth-order valence-corrected chi connectivity index (χ4v) is 4.42. The lowest BCUT2D eigenvalue weighted by atomic mass is 10.0. The second kappa shape index (κ2) is 9.61. The third-order valence-corrected chi connectivity index (χ3v) is 6.08. The van der Waals surface area contributed by atoms with E-state index in [2.05, 4.69) is 5.10 Å². The van der Waals surface area contributed by atoms with Crippen LogP contribution in [0.2, 0.25) is 5.02 Å². The number of benzene rings is 2. The summed E-state index contributed by atoms with van der Waals surface area (Å²) in [5.74, 6) is 0. The van der Waals surface area contributed by atoms with Crippen molar-refractivity contribution in [3.05, 3.63) is 85.3 Å². The molecular weight excluding hydrogens is 474 g/mol. The van der Waals surface area contributed by atoms with E-state index in [4.69, 9.17) is 25.5 Å². The molecule has 180 valence electrons. The first-order chi connectivity index (χ1) is 16.9. The summed E-state index contributed by atoms with van der Waals surface area (Å²) in [6.07, 6.45) is 4.14. The summed E-state index contributed by atoms with van der Waals surface area (Å²) in [4.78, 5) is 24.3. The van der Waals surface area contributed by atoms with Crippen molar-refractivity contribution in [3.8, 4) is 16.9 Å². The third kappa shape index (κ3) is 4.70. The van der Waals surface area contributed by atoms with E-state index in [0.29, 0.717) is 30.1 Å². The van der Waals surface area contributed by atoms with Gasteiger partial charge in [0.1, 0.15) is 11.4 Å². The van der Waals surface area contributed by atoms with Crippen molar-refractivity contribution in [3.63, 3.8) is 0 Å². The topological polar surface area (TPSA) is 110 Å². The fraction of sp³-hybridized carbons (Fsp3) is 0.280. The minimum atomic E-state index is -0.575. The molecule has 1 aliphatic heterocycles. The maximum atomic E-state index is 13.2. The van der Waals surface area contributed by atoms with E-state index in [0.717, 1.165) is 35.1 Å². The van der Waals surface area contributed by atoms with E-state index >= 15 is 0 Å². The van der Waals surface area contributed by atoms with Crippen LogP contribution in [0.25, 0.3) is 27.9 Å². The summed E-state index contributed by atoms with van der Waals surface area (Å²) in [6.45, 7) is 2.99. The molecule has 9 nitrogen and oxygen atoms in total. The van der Waals surface area contributed by atoms with Gasteiger partial charge in [0.2, 0.25) is 0 Å². The number of nitro groups is 1. The Hall–Kier alpha value is -3.53. The molecule has 35 heavy (non-hydrogen) atoms. The number of halogens is 1. The highest BCUT2D eigenvalue weighted by atomic mass is 35.5. The van der Waals surface area contributed by atoms with Gasteiger partial charge in [0.25, 0.3) is 11.2 Å². The molecule has 0 N–H and O–H groups in total. The van der Waals surface area contributed by atoms with E-state index in [1.54, 1.807) is 0 Å².